The fourth-order valence-electron chi connectivity index (χ4n) is 11.6. The Hall–Kier alpha value is -8.18. The minimum absolute atomic E-state index is 0. The first-order valence-corrected chi connectivity index (χ1v) is 28.9. The summed E-state index contributed by atoms with van der Waals surface area (Å²) in [5.74, 6) is 1.30. The fourth-order valence-corrected chi connectivity index (χ4v) is 11.6. The predicted molar refractivity (Wildman–Crippen MR) is 347 cm³/mol. The quantitative estimate of drug-likeness (QED) is 0.135. The van der Waals surface area contributed by atoms with Gasteiger partial charge in [0.1, 0.15) is 17.0 Å². The van der Waals surface area contributed by atoms with Crippen LogP contribution in [-0.2, 0) is 43.7 Å². The molecule has 13 rings (SSSR count). The normalized spacial score (nSPS) is 13.8. The first-order chi connectivity index (χ1) is 40.8. The molecular formula is C77H71N4O2Pt-3. The Morgan fingerprint density at radius 1 is 0.536 bits per heavy atom. The van der Waals surface area contributed by atoms with E-state index in [1.165, 1.54) is 5.56 Å². The Morgan fingerprint density at radius 2 is 1.11 bits per heavy atom. The van der Waals surface area contributed by atoms with Crippen LogP contribution in [0.15, 0.2) is 199 Å². The molecule has 7 heteroatoms. The molecule has 0 N–H and O–H groups in total. The van der Waals surface area contributed by atoms with Gasteiger partial charge in [0, 0.05) is 91.5 Å². The minimum atomic E-state index is -1.92. The molecule has 0 saturated carbocycles. The molecular weight excluding hydrogens is 1210 g/mol. The summed E-state index contributed by atoms with van der Waals surface area (Å²) in [6, 6.07) is 72.4. The van der Waals surface area contributed by atoms with E-state index < -0.39 is 11.8 Å². The molecule has 84 heavy (non-hydrogen) atoms. The SMILES string of the molecule is [2H]c1nc(-n2c3[c-]c(Oc4[c-]c(N5[CH-]N(c6c(-c7ccccc7)cc(C(C)(C)C)cc6-c6ccccc6)c6ccccc65)ccc4)ccc3c3c4oc5ccccc5c4ccc32)cc(C([2H])([2H])C(C)(C)C)c1-c1cc(C(C)(C)C)cc(C(C)(C)C)c1.[Pt]. The van der Waals surface area contributed by atoms with Gasteiger partial charge in [-0.3, -0.25) is 0 Å². The van der Waals surface area contributed by atoms with Gasteiger partial charge in [0.15, 0.2) is 0 Å². The maximum atomic E-state index is 10.0. The Bertz CT molecular complexity index is 4540. The second-order valence-corrected chi connectivity index (χ2v) is 26.3. The summed E-state index contributed by atoms with van der Waals surface area (Å²) in [6.45, 7) is 27.9. The van der Waals surface area contributed by atoms with E-state index in [0.29, 0.717) is 39.5 Å². The number of hydrogen-bond acceptors (Lipinski definition) is 5. The third kappa shape index (κ3) is 10.4. The van der Waals surface area contributed by atoms with E-state index in [-0.39, 0.29) is 43.5 Å². The van der Waals surface area contributed by atoms with E-state index in [9.17, 15) is 4.11 Å². The number of para-hydroxylation sites is 3. The second kappa shape index (κ2) is 21.2. The van der Waals surface area contributed by atoms with Crippen molar-refractivity contribution < 1.29 is 34.3 Å². The zero-order chi connectivity index (χ0) is 60.4. The van der Waals surface area contributed by atoms with Crippen molar-refractivity contribution in [3.05, 3.63) is 235 Å². The number of nitrogens with zero attached hydrogens (tertiary/aromatic N) is 4. The first kappa shape index (κ1) is 52.6. The van der Waals surface area contributed by atoms with Crippen LogP contribution in [0, 0.1) is 24.2 Å². The summed E-state index contributed by atoms with van der Waals surface area (Å²) in [7, 11) is 0. The van der Waals surface area contributed by atoms with Crippen molar-refractivity contribution >= 4 is 66.5 Å². The standard InChI is InChI=1S/C77H71N4O2.Pt/c1-74(2,3)46-52-40-70(78-47-64(52)51-38-53(75(4,5)6)41-54(39-51)76(7,8)9)81-67-37-36-60-59-30-19-22-33-69(59)83-73(60)71(67)61-35-34-58(45-68(61)81)82-57-29-23-28-56(44-57)79-48-80(66-32-21-20-31-65(66)79)72-62(49-24-15-13-16-25-49)42-55(77(10,11)12)43-63(72)50-26-17-14-18-27-50;/h13-43,47-48H,46H2,1-12H3;/q-3;/i46D2,47D;. The smallest absolute Gasteiger partial charge is 0.135 e. The molecule has 4 heterocycles. The molecule has 3 aromatic heterocycles. The third-order valence-electron chi connectivity index (χ3n) is 15.9. The van der Waals surface area contributed by atoms with Gasteiger partial charge < -0.3 is 23.5 Å². The van der Waals surface area contributed by atoms with Crippen molar-refractivity contribution in [2.45, 2.75) is 106 Å². The van der Waals surface area contributed by atoms with Crippen molar-refractivity contribution in [3.8, 4) is 50.7 Å². The van der Waals surface area contributed by atoms with Gasteiger partial charge in [-0.1, -0.05) is 203 Å². The van der Waals surface area contributed by atoms with Crippen LogP contribution in [-0.4, -0.2) is 9.55 Å². The van der Waals surface area contributed by atoms with Gasteiger partial charge in [0.2, 0.25) is 0 Å². The van der Waals surface area contributed by atoms with E-state index in [4.69, 9.17) is 14.1 Å². The molecule has 1 aliphatic rings. The average molecular weight is 1280 g/mol. The number of anilines is 4. The number of fused-ring (bicyclic) bond motifs is 8. The van der Waals surface area contributed by atoms with Crippen LogP contribution in [0.2, 0.25) is 0 Å². The van der Waals surface area contributed by atoms with Crippen LogP contribution >= 0.6 is 0 Å². The molecule has 0 radical (unpaired) electrons. The van der Waals surface area contributed by atoms with Gasteiger partial charge in [-0.15, -0.1) is 42.7 Å². The maximum absolute atomic E-state index is 10.0. The second-order valence-electron chi connectivity index (χ2n) is 26.3. The predicted octanol–water partition coefficient (Wildman–Crippen LogP) is 21.4. The summed E-state index contributed by atoms with van der Waals surface area (Å²) < 4.78 is 45.7. The number of furan rings is 1. The van der Waals surface area contributed by atoms with E-state index in [1.807, 2.05) is 73.9 Å². The van der Waals surface area contributed by atoms with Crippen LogP contribution in [0.4, 0.5) is 22.7 Å². The monoisotopic (exact) mass is 1280 g/mol. The topological polar surface area (TPSA) is 46.7 Å². The molecule has 0 atom stereocenters. The van der Waals surface area contributed by atoms with Crippen LogP contribution < -0.4 is 14.5 Å². The molecule has 0 aliphatic carbocycles. The van der Waals surface area contributed by atoms with Crippen LogP contribution in [0.3, 0.4) is 0 Å². The largest absolute Gasteiger partial charge is 0.509 e. The third-order valence-corrected chi connectivity index (χ3v) is 15.9. The van der Waals surface area contributed by atoms with Crippen LogP contribution in [0.25, 0.3) is 82.9 Å². The Labute approximate surface area is 514 Å². The van der Waals surface area contributed by atoms with Crippen molar-refractivity contribution in [1.82, 2.24) is 9.55 Å². The van der Waals surface area contributed by atoms with Crippen molar-refractivity contribution in [3.63, 3.8) is 0 Å². The number of benzene rings is 9. The molecule has 9 aromatic carbocycles. The van der Waals surface area contributed by atoms with Gasteiger partial charge in [-0.2, -0.15) is 12.1 Å². The summed E-state index contributed by atoms with van der Waals surface area (Å²) >= 11 is 0. The molecule has 0 spiro atoms. The molecule has 424 valence electrons. The Kier molecular flexibility index (Phi) is 13.3. The molecule has 6 nitrogen and oxygen atoms in total. The van der Waals surface area contributed by atoms with Crippen molar-refractivity contribution in [2.24, 2.45) is 5.41 Å². The van der Waals surface area contributed by atoms with E-state index in [2.05, 4.69) is 230 Å². The van der Waals surface area contributed by atoms with E-state index >= 15 is 0 Å². The average Bonchev–Trinajstić information content (AvgIpc) is 1.72. The summed E-state index contributed by atoms with van der Waals surface area (Å²) in [6.07, 6.45) is -1.95. The zero-order valence-electron chi connectivity index (χ0n) is 52.9. The van der Waals surface area contributed by atoms with Crippen molar-refractivity contribution in [2.75, 3.05) is 9.80 Å². The number of hydrogen-bond donors (Lipinski definition) is 0. The van der Waals surface area contributed by atoms with Gasteiger partial charge in [-0.25, -0.2) is 4.98 Å². The van der Waals surface area contributed by atoms with Crippen LogP contribution in [0.5, 0.6) is 11.5 Å². The van der Waals surface area contributed by atoms with E-state index in [0.717, 1.165) is 94.3 Å². The molecule has 12 aromatic rings. The number of pyridine rings is 1. The molecule has 0 saturated heterocycles. The fraction of sp³-hybridized carbons (Fsp3) is 0.221. The van der Waals surface area contributed by atoms with Gasteiger partial charge in [0.25, 0.3) is 0 Å². The van der Waals surface area contributed by atoms with Crippen molar-refractivity contribution in [1.29, 1.82) is 0 Å². The van der Waals surface area contributed by atoms with Crippen LogP contribution in [0.1, 0.15) is 109 Å². The molecule has 1 aliphatic heterocycles. The van der Waals surface area contributed by atoms with Gasteiger partial charge >= 0.3 is 0 Å². The van der Waals surface area contributed by atoms with Gasteiger partial charge in [-0.05, 0) is 121 Å². The summed E-state index contributed by atoms with van der Waals surface area (Å²) in [4.78, 5) is 9.68. The number of aromatic nitrogens is 2. The molecule has 0 unspecified atom stereocenters. The minimum Gasteiger partial charge on any atom is -0.509 e. The Morgan fingerprint density at radius 3 is 1.74 bits per heavy atom. The summed E-state index contributed by atoms with van der Waals surface area (Å²) in [5, 5.41) is 3.65. The zero-order valence-corrected chi connectivity index (χ0v) is 52.2. The summed E-state index contributed by atoms with van der Waals surface area (Å²) in [5.41, 5.74) is 14.9. The van der Waals surface area contributed by atoms with E-state index in [1.54, 1.807) is 0 Å². The maximum Gasteiger partial charge on any atom is 0.135 e. The molecule has 0 fully saturated rings. The first-order valence-electron chi connectivity index (χ1n) is 30.4. The number of ether oxygens (including phenoxy) is 1. The number of rotatable bonds is 9. The van der Waals surface area contributed by atoms with Gasteiger partial charge in [0.05, 0.1) is 1.37 Å². The Balaban J connectivity index is 0.00000739. The molecule has 0 bridgehead atoms. The molecule has 0 amide bonds.